The largest absolute Gasteiger partial charge is 0.460 e. The van der Waals surface area contributed by atoms with Gasteiger partial charge in [-0.25, -0.2) is 0 Å². The molecule has 0 aromatic carbocycles. The summed E-state index contributed by atoms with van der Waals surface area (Å²) in [5.41, 5.74) is 0.449. The van der Waals surface area contributed by atoms with Crippen molar-refractivity contribution in [3.63, 3.8) is 0 Å². The molecule has 36 heavy (non-hydrogen) atoms. The molecule has 2 saturated heterocycles. The smallest absolute Gasteiger partial charge is 0.302 e. The first-order chi connectivity index (χ1) is 17.3. The number of carbonyl (C=O) groups is 1. The molecule has 0 unspecified atom stereocenters. The van der Waals surface area contributed by atoms with Crippen LogP contribution in [0.25, 0.3) is 0 Å². The van der Waals surface area contributed by atoms with Crippen LogP contribution in [0.4, 0.5) is 0 Å². The lowest BCUT2D eigenvalue weighted by atomic mass is 9.44. The Hall–Kier alpha value is -0.650. The molecule has 5 nitrogen and oxygen atoms in total. The Kier molecular flexibility index (Phi) is 6.99. The number of nitrogens with zero attached hydrogens (tertiary/aromatic N) is 2. The lowest BCUT2D eigenvalue weighted by Gasteiger charge is -2.62. The van der Waals surface area contributed by atoms with Crippen LogP contribution in [0.3, 0.4) is 0 Å². The molecule has 1 N–H and O–H groups in total. The van der Waals surface area contributed by atoms with E-state index >= 15 is 0 Å². The molecule has 2 heterocycles. The number of fused-ring (bicyclic) bond motifs is 5. The van der Waals surface area contributed by atoms with E-state index in [0.29, 0.717) is 29.3 Å². The zero-order valence-electron chi connectivity index (χ0n) is 23.3. The van der Waals surface area contributed by atoms with Crippen LogP contribution in [0.5, 0.6) is 0 Å². The summed E-state index contributed by atoms with van der Waals surface area (Å²) in [5, 5.41) is 11.3. The van der Waals surface area contributed by atoms with Crippen molar-refractivity contribution in [1.29, 1.82) is 0 Å². The topological polar surface area (TPSA) is 53.0 Å². The van der Waals surface area contributed by atoms with Crippen LogP contribution in [-0.2, 0) is 9.53 Å². The van der Waals surface area contributed by atoms with E-state index in [2.05, 4.69) is 23.6 Å². The van der Waals surface area contributed by atoms with Gasteiger partial charge in [0.2, 0.25) is 0 Å². The molecular weight excluding hydrogens is 448 g/mol. The van der Waals surface area contributed by atoms with Crippen LogP contribution in [0.15, 0.2) is 0 Å². The molecule has 6 rings (SSSR count). The summed E-state index contributed by atoms with van der Waals surface area (Å²) in [7, 11) is 0. The summed E-state index contributed by atoms with van der Waals surface area (Å²) in [4.78, 5) is 17.7. The quantitative estimate of drug-likeness (QED) is 0.537. The van der Waals surface area contributed by atoms with Crippen LogP contribution in [0.2, 0.25) is 0 Å². The van der Waals surface area contributed by atoms with Gasteiger partial charge in [0, 0.05) is 24.4 Å². The lowest BCUT2D eigenvalue weighted by Crippen LogP contribution is -2.60. The second-order valence-electron chi connectivity index (χ2n) is 14.3. The number of hydrogen-bond acceptors (Lipinski definition) is 5. The Labute approximate surface area is 219 Å². The third kappa shape index (κ3) is 4.18. The third-order valence-corrected chi connectivity index (χ3v) is 12.6. The number of ether oxygens (including phenoxy) is 1. The normalized spacial score (nSPS) is 50.1. The standard InChI is InChI=1S/C31H52N2O3/c1-21(34)36-29-26(32-14-6-4-7-15-32)19-25-23-11-10-22-18-28(35)27(33-16-8-5-9-17-33)20-31(22,3)24(23)12-13-30(25,29)2/h22-29,35H,4-20H2,1-3H3/t22-,23+,24-,25-,26-,27-,28-,29+,30-,31-/m0/s1. The first-order valence-corrected chi connectivity index (χ1v) is 15.6. The molecule has 204 valence electrons. The van der Waals surface area contributed by atoms with Gasteiger partial charge in [0.15, 0.2) is 0 Å². The van der Waals surface area contributed by atoms with E-state index in [-0.39, 0.29) is 23.6 Å². The highest BCUT2D eigenvalue weighted by Gasteiger charge is 2.64. The Morgan fingerprint density at radius 2 is 1.44 bits per heavy atom. The first kappa shape index (κ1) is 25.6. The molecule has 0 amide bonds. The molecule has 6 fully saturated rings. The molecule has 0 radical (unpaired) electrons. The maximum Gasteiger partial charge on any atom is 0.302 e. The number of esters is 1. The second-order valence-corrected chi connectivity index (χ2v) is 14.3. The molecule has 10 atom stereocenters. The number of aliphatic hydroxyl groups excluding tert-OH is 1. The van der Waals surface area contributed by atoms with E-state index in [0.717, 1.165) is 18.3 Å². The summed E-state index contributed by atoms with van der Waals surface area (Å²) in [6, 6.07) is 0.764. The van der Waals surface area contributed by atoms with Gasteiger partial charge in [-0.2, -0.15) is 0 Å². The van der Waals surface area contributed by atoms with Crippen molar-refractivity contribution in [2.75, 3.05) is 26.2 Å². The van der Waals surface area contributed by atoms with Crippen LogP contribution >= 0.6 is 0 Å². The minimum atomic E-state index is -0.144. The minimum Gasteiger partial charge on any atom is -0.460 e. The Morgan fingerprint density at radius 3 is 2.08 bits per heavy atom. The zero-order valence-corrected chi connectivity index (χ0v) is 23.3. The van der Waals surface area contributed by atoms with Crippen LogP contribution in [0, 0.1) is 34.5 Å². The number of carbonyl (C=O) groups excluding carboxylic acids is 1. The van der Waals surface area contributed by atoms with Gasteiger partial charge >= 0.3 is 5.97 Å². The molecule has 0 aromatic rings. The number of likely N-dealkylation sites (tertiary alicyclic amines) is 2. The fraction of sp³-hybridized carbons (Fsp3) is 0.968. The van der Waals surface area contributed by atoms with Crippen LogP contribution < -0.4 is 0 Å². The van der Waals surface area contributed by atoms with Gasteiger partial charge in [-0.15, -0.1) is 0 Å². The fourth-order valence-corrected chi connectivity index (χ4v) is 10.8. The van der Waals surface area contributed by atoms with Crippen molar-refractivity contribution in [3.05, 3.63) is 0 Å². The van der Waals surface area contributed by atoms with Gasteiger partial charge in [0.1, 0.15) is 6.10 Å². The van der Waals surface area contributed by atoms with Gasteiger partial charge in [-0.3, -0.25) is 14.6 Å². The average Bonchev–Trinajstić information content (AvgIpc) is 3.17. The maximum absolute atomic E-state index is 12.3. The highest BCUT2D eigenvalue weighted by atomic mass is 16.5. The van der Waals surface area contributed by atoms with Crippen molar-refractivity contribution >= 4 is 5.97 Å². The SMILES string of the molecule is CC(=O)O[C@@H]1[C@@H](N2CCCCC2)C[C@H]2[C@@H]3CC[C@H]4C[C@H](O)[C@@H](N5CCCCC5)C[C@]4(C)[C@H]3CC[C@]12C. The van der Waals surface area contributed by atoms with Crippen molar-refractivity contribution in [2.24, 2.45) is 34.5 Å². The Morgan fingerprint density at radius 1 is 0.806 bits per heavy atom. The summed E-state index contributed by atoms with van der Waals surface area (Å²) in [5.74, 6) is 2.74. The molecule has 5 heteroatoms. The predicted octanol–water partition coefficient (Wildman–Crippen LogP) is 5.25. The number of rotatable bonds is 3. The van der Waals surface area contributed by atoms with E-state index in [4.69, 9.17) is 4.74 Å². The Balaban J connectivity index is 1.26. The zero-order chi connectivity index (χ0) is 25.1. The van der Waals surface area contributed by atoms with E-state index in [9.17, 15) is 9.90 Å². The molecule has 4 aliphatic carbocycles. The molecule has 4 saturated carbocycles. The number of hydrogen-bond donors (Lipinski definition) is 1. The summed E-state index contributed by atoms with van der Waals surface area (Å²) in [6.45, 7) is 11.4. The van der Waals surface area contributed by atoms with Gasteiger partial charge in [0.25, 0.3) is 0 Å². The fourth-order valence-electron chi connectivity index (χ4n) is 10.8. The Bertz CT molecular complexity index is 808. The van der Waals surface area contributed by atoms with E-state index in [1.165, 1.54) is 103 Å². The van der Waals surface area contributed by atoms with E-state index in [1.54, 1.807) is 6.92 Å². The van der Waals surface area contributed by atoms with Crippen LogP contribution in [-0.4, -0.2) is 71.3 Å². The highest BCUT2D eigenvalue weighted by Crippen LogP contribution is 2.67. The number of aliphatic hydroxyl groups is 1. The van der Waals surface area contributed by atoms with Crippen LogP contribution in [0.1, 0.15) is 104 Å². The molecule has 0 bridgehead atoms. The maximum atomic E-state index is 12.3. The van der Waals surface area contributed by atoms with Crippen molar-refractivity contribution < 1.29 is 14.6 Å². The monoisotopic (exact) mass is 500 g/mol. The summed E-state index contributed by atoms with van der Waals surface area (Å²) < 4.78 is 6.25. The van der Waals surface area contributed by atoms with Crippen molar-refractivity contribution in [1.82, 2.24) is 9.80 Å². The molecule has 6 aliphatic rings. The van der Waals surface area contributed by atoms with Gasteiger partial charge < -0.3 is 9.84 Å². The third-order valence-electron chi connectivity index (χ3n) is 12.6. The summed E-state index contributed by atoms with van der Waals surface area (Å²) in [6.07, 6.45) is 16.3. The molecule has 0 spiro atoms. The predicted molar refractivity (Wildman–Crippen MR) is 142 cm³/mol. The minimum absolute atomic E-state index is 0.0545. The average molecular weight is 501 g/mol. The highest BCUT2D eigenvalue weighted by molar-refractivity contribution is 5.66. The van der Waals surface area contributed by atoms with Gasteiger partial charge in [-0.05, 0) is 126 Å². The van der Waals surface area contributed by atoms with Gasteiger partial charge in [-0.1, -0.05) is 26.7 Å². The number of piperidine rings is 2. The van der Waals surface area contributed by atoms with Crippen molar-refractivity contribution in [2.45, 2.75) is 129 Å². The molecular formula is C31H52N2O3. The van der Waals surface area contributed by atoms with E-state index < -0.39 is 0 Å². The first-order valence-electron chi connectivity index (χ1n) is 15.6. The van der Waals surface area contributed by atoms with Crippen molar-refractivity contribution in [3.8, 4) is 0 Å². The molecule has 0 aromatic heterocycles. The van der Waals surface area contributed by atoms with Gasteiger partial charge in [0.05, 0.1) is 6.10 Å². The lowest BCUT2D eigenvalue weighted by molar-refractivity contribution is -0.171. The van der Waals surface area contributed by atoms with E-state index in [1.807, 2.05) is 0 Å². The summed E-state index contributed by atoms with van der Waals surface area (Å²) >= 11 is 0. The second kappa shape index (κ2) is 9.83. The molecule has 2 aliphatic heterocycles.